The minimum absolute atomic E-state index is 0.0814. The second-order valence-corrected chi connectivity index (χ2v) is 6.29. The third-order valence-electron chi connectivity index (χ3n) is 3.76. The van der Waals surface area contributed by atoms with Gasteiger partial charge in [-0.25, -0.2) is 4.68 Å². The average Bonchev–Trinajstić information content (AvgIpc) is 2.58. The first-order chi connectivity index (χ1) is 11.6. The lowest BCUT2D eigenvalue weighted by atomic mass is 10.1. The Labute approximate surface area is 147 Å². The number of hydrogen-bond donors (Lipinski definition) is 0. The molecule has 0 amide bonds. The summed E-state index contributed by atoms with van der Waals surface area (Å²) in [4.78, 5) is 24.6. The molecule has 0 bridgehead atoms. The summed E-state index contributed by atoms with van der Waals surface area (Å²) in [5.41, 5.74) is 2.71. The Bertz CT molecular complexity index is 963. The highest BCUT2D eigenvalue weighted by Gasteiger charge is 2.12. The van der Waals surface area contributed by atoms with E-state index in [0.29, 0.717) is 11.3 Å². The van der Waals surface area contributed by atoms with Gasteiger partial charge in [-0.2, -0.15) is 5.10 Å². The maximum Gasteiger partial charge on any atom is 0.267 e. The van der Waals surface area contributed by atoms with Crippen LogP contribution in [0.5, 0.6) is 0 Å². The minimum Gasteiger partial charge on any atom is -0.292 e. The lowest BCUT2D eigenvalue weighted by Crippen LogP contribution is -2.26. The van der Waals surface area contributed by atoms with E-state index < -0.39 is 0 Å². The molecule has 5 heteroatoms. The Balaban J connectivity index is 1.96. The van der Waals surface area contributed by atoms with E-state index in [9.17, 15) is 9.59 Å². The van der Waals surface area contributed by atoms with E-state index in [1.54, 1.807) is 12.1 Å². The number of benzene rings is 2. The van der Waals surface area contributed by atoms with E-state index in [1.165, 1.54) is 10.7 Å². The molecule has 3 rings (SSSR count). The molecule has 0 spiro atoms. The van der Waals surface area contributed by atoms with Crippen LogP contribution in [-0.2, 0) is 6.54 Å². The van der Waals surface area contributed by atoms with Crippen molar-refractivity contribution in [3.05, 3.63) is 86.6 Å². The molecule has 0 N–H and O–H groups in total. The third-order valence-corrected chi connectivity index (χ3v) is 4.45. The van der Waals surface area contributed by atoms with Gasteiger partial charge >= 0.3 is 0 Å². The van der Waals surface area contributed by atoms with E-state index >= 15 is 0 Å². The molecule has 0 aliphatic carbocycles. The van der Waals surface area contributed by atoms with Crippen molar-refractivity contribution in [2.24, 2.45) is 0 Å². The summed E-state index contributed by atoms with van der Waals surface area (Å²) in [6, 6.07) is 18.1. The van der Waals surface area contributed by atoms with Crippen molar-refractivity contribution < 1.29 is 4.79 Å². The normalized spacial score (nSPS) is 10.6. The SMILES string of the molecule is Cc1ccccc1C(=O)Cn1nc(-c2ccccc2Br)ccc1=O. The number of aryl methyl sites for hydroxylation is 1. The van der Waals surface area contributed by atoms with E-state index in [1.807, 2.05) is 49.4 Å². The number of carbonyl (C=O) groups excluding carboxylic acids is 1. The zero-order chi connectivity index (χ0) is 17.1. The van der Waals surface area contributed by atoms with Crippen LogP contribution in [-0.4, -0.2) is 15.6 Å². The number of carbonyl (C=O) groups is 1. The molecule has 1 heterocycles. The predicted molar refractivity (Wildman–Crippen MR) is 97.1 cm³/mol. The van der Waals surface area contributed by atoms with Crippen LogP contribution in [0.4, 0.5) is 0 Å². The fourth-order valence-electron chi connectivity index (χ4n) is 2.48. The molecule has 0 radical (unpaired) electrons. The first-order valence-electron chi connectivity index (χ1n) is 7.48. The molecule has 2 aromatic carbocycles. The predicted octanol–water partition coefficient (Wildman–Crippen LogP) is 3.86. The number of nitrogens with zero attached hydrogens (tertiary/aromatic N) is 2. The molecule has 0 aliphatic heterocycles. The van der Waals surface area contributed by atoms with Crippen molar-refractivity contribution >= 4 is 21.7 Å². The average molecular weight is 383 g/mol. The molecule has 0 aliphatic rings. The highest BCUT2D eigenvalue weighted by Crippen LogP contribution is 2.25. The smallest absolute Gasteiger partial charge is 0.267 e. The summed E-state index contributed by atoms with van der Waals surface area (Å²) < 4.78 is 2.09. The molecule has 0 unspecified atom stereocenters. The Morgan fingerprint density at radius 3 is 2.50 bits per heavy atom. The van der Waals surface area contributed by atoms with Gasteiger partial charge in [-0.1, -0.05) is 58.4 Å². The Hall–Kier alpha value is -2.53. The van der Waals surface area contributed by atoms with Crippen LogP contribution in [0, 0.1) is 6.92 Å². The molecule has 0 atom stereocenters. The lowest BCUT2D eigenvalue weighted by Gasteiger charge is -2.09. The molecule has 4 nitrogen and oxygen atoms in total. The highest BCUT2D eigenvalue weighted by molar-refractivity contribution is 9.10. The monoisotopic (exact) mass is 382 g/mol. The standard InChI is InChI=1S/C19H15BrN2O2/c1-13-6-2-3-7-14(13)18(23)12-22-19(24)11-10-17(21-22)15-8-4-5-9-16(15)20/h2-11H,12H2,1H3. The summed E-state index contributed by atoms with van der Waals surface area (Å²) in [7, 11) is 0. The second kappa shape index (κ2) is 6.93. The Morgan fingerprint density at radius 2 is 1.75 bits per heavy atom. The minimum atomic E-state index is -0.298. The number of ketones is 1. The molecule has 1 aromatic heterocycles. The number of halogens is 1. The number of hydrogen-bond acceptors (Lipinski definition) is 3. The molecule has 0 saturated carbocycles. The first-order valence-corrected chi connectivity index (χ1v) is 8.27. The fraction of sp³-hybridized carbons (Fsp3) is 0.105. The maximum atomic E-state index is 12.5. The number of Topliss-reactive ketones (excluding diaryl/α,β-unsaturated/α-hetero) is 1. The molecule has 3 aromatic rings. The van der Waals surface area contributed by atoms with E-state index in [-0.39, 0.29) is 17.9 Å². The van der Waals surface area contributed by atoms with Crippen molar-refractivity contribution in [2.75, 3.05) is 0 Å². The van der Waals surface area contributed by atoms with E-state index in [0.717, 1.165) is 15.6 Å². The highest BCUT2D eigenvalue weighted by atomic mass is 79.9. The molecule has 120 valence electrons. The topological polar surface area (TPSA) is 52.0 Å². The van der Waals surface area contributed by atoms with Crippen molar-refractivity contribution in [2.45, 2.75) is 13.5 Å². The number of aromatic nitrogens is 2. The van der Waals surface area contributed by atoms with Crippen LogP contribution < -0.4 is 5.56 Å². The van der Waals surface area contributed by atoms with Crippen LogP contribution in [0.2, 0.25) is 0 Å². The van der Waals surface area contributed by atoms with Crippen LogP contribution in [0.25, 0.3) is 11.3 Å². The largest absolute Gasteiger partial charge is 0.292 e. The van der Waals surface area contributed by atoms with Crippen LogP contribution >= 0.6 is 15.9 Å². The van der Waals surface area contributed by atoms with Gasteiger partial charge in [-0.05, 0) is 24.6 Å². The zero-order valence-electron chi connectivity index (χ0n) is 13.1. The van der Waals surface area contributed by atoms with Gasteiger partial charge in [-0.3, -0.25) is 9.59 Å². The van der Waals surface area contributed by atoms with E-state index in [2.05, 4.69) is 21.0 Å². The lowest BCUT2D eigenvalue weighted by molar-refractivity contribution is 0.0965. The summed E-state index contributed by atoms with van der Waals surface area (Å²) in [6.45, 7) is 1.79. The zero-order valence-corrected chi connectivity index (χ0v) is 14.7. The maximum absolute atomic E-state index is 12.5. The summed E-state index contributed by atoms with van der Waals surface area (Å²) in [6.07, 6.45) is 0. The third kappa shape index (κ3) is 3.36. The van der Waals surface area contributed by atoms with Gasteiger partial charge in [0.25, 0.3) is 5.56 Å². The van der Waals surface area contributed by atoms with Gasteiger partial charge in [0.1, 0.15) is 6.54 Å². The van der Waals surface area contributed by atoms with Gasteiger partial charge in [0.05, 0.1) is 5.69 Å². The van der Waals surface area contributed by atoms with Crippen LogP contribution in [0.1, 0.15) is 15.9 Å². The van der Waals surface area contributed by atoms with Gasteiger partial charge in [-0.15, -0.1) is 0 Å². The molecule has 0 fully saturated rings. The van der Waals surface area contributed by atoms with Crippen LogP contribution in [0.3, 0.4) is 0 Å². The number of rotatable bonds is 4. The van der Waals surface area contributed by atoms with Crippen molar-refractivity contribution in [1.29, 1.82) is 0 Å². The van der Waals surface area contributed by atoms with Crippen molar-refractivity contribution in [3.8, 4) is 11.3 Å². The van der Waals surface area contributed by atoms with Gasteiger partial charge in [0.2, 0.25) is 0 Å². The Kier molecular flexibility index (Phi) is 4.71. The molecule has 0 saturated heterocycles. The summed E-state index contributed by atoms with van der Waals surface area (Å²) in [5, 5.41) is 4.35. The van der Waals surface area contributed by atoms with Gasteiger partial charge in [0, 0.05) is 21.7 Å². The molecular weight excluding hydrogens is 368 g/mol. The van der Waals surface area contributed by atoms with Crippen molar-refractivity contribution in [1.82, 2.24) is 9.78 Å². The summed E-state index contributed by atoms with van der Waals surface area (Å²) in [5.74, 6) is -0.132. The quantitative estimate of drug-likeness (QED) is 0.643. The van der Waals surface area contributed by atoms with Crippen LogP contribution in [0.15, 0.2) is 69.9 Å². The van der Waals surface area contributed by atoms with E-state index in [4.69, 9.17) is 0 Å². The van der Waals surface area contributed by atoms with Gasteiger partial charge < -0.3 is 0 Å². The first kappa shape index (κ1) is 16.3. The second-order valence-electron chi connectivity index (χ2n) is 5.43. The Morgan fingerprint density at radius 1 is 1.04 bits per heavy atom. The molecular formula is C19H15BrN2O2. The van der Waals surface area contributed by atoms with Crippen molar-refractivity contribution in [3.63, 3.8) is 0 Å². The van der Waals surface area contributed by atoms with Gasteiger partial charge in [0.15, 0.2) is 5.78 Å². The fourth-order valence-corrected chi connectivity index (χ4v) is 2.97. The summed E-state index contributed by atoms with van der Waals surface area (Å²) >= 11 is 3.48. The molecule has 24 heavy (non-hydrogen) atoms.